The van der Waals surface area contributed by atoms with Gasteiger partial charge in [0.15, 0.2) is 5.82 Å². The first-order valence-electron chi connectivity index (χ1n) is 7.84. The molecule has 3 rings (SSSR count). The Morgan fingerprint density at radius 1 is 1.50 bits per heavy atom. The van der Waals surface area contributed by atoms with E-state index in [4.69, 9.17) is 5.73 Å². The van der Waals surface area contributed by atoms with Crippen molar-refractivity contribution in [3.8, 4) is 0 Å². The van der Waals surface area contributed by atoms with Crippen LogP contribution in [0.1, 0.15) is 48.2 Å². The number of anilines is 1. The zero-order valence-electron chi connectivity index (χ0n) is 13.5. The zero-order chi connectivity index (χ0) is 17.4. The van der Waals surface area contributed by atoms with Crippen LogP contribution in [-0.2, 0) is 13.0 Å². The Labute approximate surface area is 147 Å². The number of aromatic nitrogens is 3. The summed E-state index contributed by atoms with van der Waals surface area (Å²) < 4.78 is 16.5. The molecule has 0 spiro atoms. The molecule has 0 saturated carbocycles. The number of carbonyl (C=O) groups is 1. The van der Waals surface area contributed by atoms with Crippen molar-refractivity contribution in [1.82, 2.24) is 14.8 Å². The molecule has 1 atom stereocenters. The van der Waals surface area contributed by atoms with Crippen LogP contribution in [0.4, 0.5) is 10.1 Å². The fourth-order valence-corrected chi connectivity index (χ4v) is 3.28. The molecule has 2 heterocycles. The Kier molecular flexibility index (Phi) is 4.58. The predicted octanol–water partition coefficient (Wildman–Crippen LogP) is 2.83. The molecule has 0 radical (unpaired) electrons. The molecule has 1 aromatic carbocycles. The van der Waals surface area contributed by atoms with Crippen molar-refractivity contribution in [3.05, 3.63) is 39.6 Å². The maximum atomic E-state index is 14.0. The van der Waals surface area contributed by atoms with Gasteiger partial charge in [0.25, 0.3) is 5.91 Å². The molecule has 8 heteroatoms. The number of hydrogen-bond donors (Lipinski definition) is 2. The highest BCUT2D eigenvalue weighted by atomic mass is 79.9. The lowest BCUT2D eigenvalue weighted by Gasteiger charge is -2.25. The molecule has 2 aromatic rings. The Morgan fingerprint density at radius 3 is 2.92 bits per heavy atom. The zero-order valence-corrected chi connectivity index (χ0v) is 15.1. The van der Waals surface area contributed by atoms with Gasteiger partial charge in [0.1, 0.15) is 11.6 Å². The molecule has 0 saturated heterocycles. The van der Waals surface area contributed by atoms with E-state index in [0.717, 1.165) is 24.5 Å². The lowest BCUT2D eigenvalue weighted by Crippen LogP contribution is -2.33. The average molecular weight is 396 g/mol. The van der Waals surface area contributed by atoms with E-state index in [-0.39, 0.29) is 17.5 Å². The number of nitrogens with two attached hydrogens (primary N) is 1. The standard InChI is InChI=1S/C16H19BrFN5O/c1-8(2)16-21-13-4-3-10(7-23(13)22-16)20-12-6-9(17)5-11(18)14(12)15(19)24/h5-6,8,10,20H,3-4,7H2,1-2H3,(H2,19,24). The van der Waals surface area contributed by atoms with Crippen molar-refractivity contribution in [2.45, 2.75) is 45.2 Å². The van der Waals surface area contributed by atoms with E-state index in [1.807, 2.05) is 4.68 Å². The Hall–Kier alpha value is -1.96. The minimum Gasteiger partial charge on any atom is -0.380 e. The predicted molar refractivity (Wildman–Crippen MR) is 92.5 cm³/mol. The first-order valence-corrected chi connectivity index (χ1v) is 8.63. The molecule has 1 unspecified atom stereocenters. The second kappa shape index (κ2) is 6.51. The third kappa shape index (κ3) is 3.28. The summed E-state index contributed by atoms with van der Waals surface area (Å²) in [5.74, 6) is 0.639. The lowest BCUT2D eigenvalue weighted by molar-refractivity contribution is 0.0997. The highest BCUT2D eigenvalue weighted by Crippen LogP contribution is 2.27. The molecule has 0 fully saturated rings. The number of carbonyl (C=O) groups excluding carboxylic acids is 1. The number of rotatable bonds is 4. The normalized spacial score (nSPS) is 17.0. The first kappa shape index (κ1) is 16.9. The van der Waals surface area contributed by atoms with Crippen molar-refractivity contribution in [2.24, 2.45) is 5.73 Å². The summed E-state index contributed by atoms with van der Waals surface area (Å²) in [4.78, 5) is 16.1. The maximum absolute atomic E-state index is 14.0. The van der Waals surface area contributed by atoms with E-state index < -0.39 is 11.7 Å². The molecule has 128 valence electrons. The summed E-state index contributed by atoms with van der Waals surface area (Å²) >= 11 is 3.25. The van der Waals surface area contributed by atoms with Crippen LogP contribution in [0.3, 0.4) is 0 Å². The molecular formula is C16H19BrFN5O. The quantitative estimate of drug-likeness (QED) is 0.832. The van der Waals surface area contributed by atoms with Gasteiger partial charge < -0.3 is 11.1 Å². The molecule has 0 bridgehead atoms. The molecule has 1 amide bonds. The molecule has 1 aliphatic rings. The van der Waals surface area contributed by atoms with Gasteiger partial charge in [0.2, 0.25) is 0 Å². The minimum atomic E-state index is -0.790. The van der Waals surface area contributed by atoms with Crippen molar-refractivity contribution in [1.29, 1.82) is 0 Å². The molecule has 3 N–H and O–H groups in total. The molecule has 0 aliphatic carbocycles. The summed E-state index contributed by atoms with van der Waals surface area (Å²) in [6, 6.07) is 2.92. The summed E-state index contributed by atoms with van der Waals surface area (Å²) in [5, 5.41) is 7.76. The SMILES string of the molecule is CC(C)c1nc2n(n1)CC(Nc1cc(Br)cc(F)c1C(N)=O)CC2. The summed E-state index contributed by atoms with van der Waals surface area (Å²) in [6.45, 7) is 4.72. The lowest BCUT2D eigenvalue weighted by atomic mass is 10.1. The van der Waals surface area contributed by atoms with Crippen LogP contribution in [0.25, 0.3) is 0 Å². The number of amides is 1. The van der Waals surface area contributed by atoms with E-state index in [1.54, 1.807) is 6.07 Å². The third-order valence-corrected chi connectivity index (χ3v) is 4.51. The average Bonchev–Trinajstić information content (AvgIpc) is 2.89. The Bertz CT molecular complexity index is 789. The number of nitrogens with zero attached hydrogens (tertiary/aromatic N) is 3. The topological polar surface area (TPSA) is 85.8 Å². The number of primary amides is 1. The van der Waals surface area contributed by atoms with Gasteiger partial charge >= 0.3 is 0 Å². The second-order valence-corrected chi connectivity index (χ2v) is 7.19. The van der Waals surface area contributed by atoms with Crippen LogP contribution in [0, 0.1) is 5.82 Å². The van der Waals surface area contributed by atoms with Gasteiger partial charge in [0, 0.05) is 22.9 Å². The Balaban J connectivity index is 1.84. The van der Waals surface area contributed by atoms with Gasteiger partial charge in [-0.1, -0.05) is 29.8 Å². The van der Waals surface area contributed by atoms with E-state index in [0.29, 0.717) is 16.7 Å². The van der Waals surface area contributed by atoms with Crippen LogP contribution in [0.15, 0.2) is 16.6 Å². The number of fused-ring (bicyclic) bond motifs is 1. The van der Waals surface area contributed by atoms with Gasteiger partial charge in [-0.25, -0.2) is 14.1 Å². The van der Waals surface area contributed by atoms with E-state index in [2.05, 4.69) is 45.2 Å². The van der Waals surface area contributed by atoms with Crippen LogP contribution < -0.4 is 11.1 Å². The number of nitrogens with one attached hydrogen (secondary N) is 1. The van der Waals surface area contributed by atoms with E-state index in [9.17, 15) is 9.18 Å². The number of benzene rings is 1. The monoisotopic (exact) mass is 395 g/mol. The maximum Gasteiger partial charge on any atom is 0.253 e. The smallest absolute Gasteiger partial charge is 0.253 e. The van der Waals surface area contributed by atoms with Crippen LogP contribution in [0.2, 0.25) is 0 Å². The van der Waals surface area contributed by atoms with Crippen LogP contribution >= 0.6 is 15.9 Å². The van der Waals surface area contributed by atoms with E-state index in [1.165, 1.54) is 6.07 Å². The van der Waals surface area contributed by atoms with Gasteiger partial charge in [-0.3, -0.25) is 4.79 Å². The van der Waals surface area contributed by atoms with Gasteiger partial charge in [-0.2, -0.15) is 5.10 Å². The minimum absolute atomic E-state index is 0.0195. The molecule has 6 nitrogen and oxygen atoms in total. The third-order valence-electron chi connectivity index (χ3n) is 4.05. The summed E-state index contributed by atoms with van der Waals surface area (Å²) in [6.07, 6.45) is 1.60. The van der Waals surface area contributed by atoms with Crippen molar-refractivity contribution < 1.29 is 9.18 Å². The molecule has 24 heavy (non-hydrogen) atoms. The fourth-order valence-electron chi connectivity index (χ4n) is 2.85. The van der Waals surface area contributed by atoms with Crippen LogP contribution in [0.5, 0.6) is 0 Å². The first-order chi connectivity index (χ1) is 11.3. The van der Waals surface area contributed by atoms with Crippen molar-refractivity contribution >= 4 is 27.5 Å². The van der Waals surface area contributed by atoms with E-state index >= 15 is 0 Å². The van der Waals surface area contributed by atoms with Gasteiger partial charge in [-0.05, 0) is 18.6 Å². The number of hydrogen-bond acceptors (Lipinski definition) is 4. The van der Waals surface area contributed by atoms with Crippen molar-refractivity contribution in [3.63, 3.8) is 0 Å². The van der Waals surface area contributed by atoms with Gasteiger partial charge in [-0.15, -0.1) is 0 Å². The fraction of sp³-hybridized carbons (Fsp3) is 0.438. The summed E-state index contributed by atoms with van der Waals surface area (Å²) in [7, 11) is 0. The number of aryl methyl sites for hydroxylation is 1. The molecule has 1 aliphatic heterocycles. The highest BCUT2D eigenvalue weighted by molar-refractivity contribution is 9.10. The van der Waals surface area contributed by atoms with Crippen LogP contribution in [-0.4, -0.2) is 26.7 Å². The molecule has 1 aromatic heterocycles. The Morgan fingerprint density at radius 2 is 2.25 bits per heavy atom. The van der Waals surface area contributed by atoms with Gasteiger partial charge in [0.05, 0.1) is 17.8 Å². The largest absolute Gasteiger partial charge is 0.380 e. The summed E-state index contributed by atoms with van der Waals surface area (Å²) in [5.41, 5.74) is 5.60. The second-order valence-electron chi connectivity index (χ2n) is 6.28. The number of halogens is 2. The highest BCUT2D eigenvalue weighted by Gasteiger charge is 2.24. The molecular weight excluding hydrogens is 377 g/mol. The van der Waals surface area contributed by atoms with Crippen molar-refractivity contribution in [2.75, 3.05) is 5.32 Å².